The van der Waals surface area contributed by atoms with Gasteiger partial charge in [-0.1, -0.05) is 11.6 Å². The molecular formula is C21H18ClN3O6. The second kappa shape index (κ2) is 8.34. The van der Waals surface area contributed by atoms with Crippen molar-refractivity contribution >= 4 is 28.5 Å². The minimum absolute atomic E-state index is 0.0348. The van der Waals surface area contributed by atoms with E-state index >= 15 is 0 Å². The van der Waals surface area contributed by atoms with Crippen molar-refractivity contribution in [2.45, 2.75) is 12.8 Å². The number of hydrogen-bond acceptors (Lipinski definition) is 9. The van der Waals surface area contributed by atoms with E-state index in [1.54, 1.807) is 25.1 Å². The SMILES string of the molecule is COCCOC(=O)C1=C(C)OC(N)=C(C#N)[C@H]1c1cc2cc3c(cc2nc1Cl)OCO3. The van der Waals surface area contributed by atoms with Crippen LogP contribution in [0.4, 0.5) is 0 Å². The highest BCUT2D eigenvalue weighted by atomic mass is 35.5. The maximum absolute atomic E-state index is 12.9. The van der Waals surface area contributed by atoms with Gasteiger partial charge in [0.15, 0.2) is 11.5 Å². The predicted octanol–water partition coefficient (Wildman–Crippen LogP) is 2.89. The number of aromatic nitrogens is 1. The monoisotopic (exact) mass is 443 g/mol. The lowest BCUT2D eigenvalue weighted by Crippen LogP contribution is -2.26. The number of carbonyl (C=O) groups is 1. The zero-order valence-corrected chi connectivity index (χ0v) is 17.5. The molecule has 31 heavy (non-hydrogen) atoms. The highest BCUT2D eigenvalue weighted by Gasteiger charge is 2.38. The van der Waals surface area contributed by atoms with Gasteiger partial charge in [0.2, 0.25) is 12.7 Å². The van der Waals surface area contributed by atoms with Gasteiger partial charge in [0.25, 0.3) is 0 Å². The first-order valence-corrected chi connectivity index (χ1v) is 9.66. The molecule has 160 valence electrons. The lowest BCUT2D eigenvalue weighted by atomic mass is 9.83. The van der Waals surface area contributed by atoms with Crippen LogP contribution in [0.3, 0.4) is 0 Å². The number of methoxy groups -OCH3 is 1. The minimum Gasteiger partial charge on any atom is -0.460 e. The van der Waals surface area contributed by atoms with Gasteiger partial charge in [-0.2, -0.15) is 5.26 Å². The van der Waals surface area contributed by atoms with Gasteiger partial charge in [-0.15, -0.1) is 0 Å². The summed E-state index contributed by atoms with van der Waals surface area (Å²) in [6.07, 6.45) is 0. The summed E-state index contributed by atoms with van der Waals surface area (Å²) in [6.45, 7) is 1.94. The molecule has 2 aliphatic rings. The standard InChI is InChI=1S/C21H18ClN3O6/c1-10-17(21(26)28-4-3-27-2)18(13(8-23)20(24)31-10)12-5-11-6-15-16(30-9-29-15)7-14(11)25-19(12)22/h5-7,18H,3-4,9,24H2,1-2H3/t18-/m1/s1. The third-order valence-corrected chi connectivity index (χ3v) is 5.25. The Morgan fingerprint density at radius 3 is 2.77 bits per heavy atom. The number of fused-ring (bicyclic) bond motifs is 2. The van der Waals surface area contributed by atoms with Crippen LogP contribution in [-0.2, 0) is 19.0 Å². The highest BCUT2D eigenvalue weighted by Crippen LogP contribution is 2.44. The number of pyridine rings is 1. The van der Waals surface area contributed by atoms with E-state index in [2.05, 4.69) is 4.98 Å². The van der Waals surface area contributed by atoms with Crippen LogP contribution in [-0.4, -0.2) is 38.1 Å². The van der Waals surface area contributed by atoms with Crippen LogP contribution >= 0.6 is 11.6 Å². The van der Waals surface area contributed by atoms with E-state index in [0.29, 0.717) is 28.0 Å². The molecule has 4 rings (SSSR count). The predicted molar refractivity (Wildman–Crippen MR) is 109 cm³/mol. The molecule has 0 radical (unpaired) electrons. The average Bonchev–Trinajstić information content (AvgIpc) is 3.18. The van der Waals surface area contributed by atoms with Crippen molar-refractivity contribution in [3.05, 3.63) is 51.7 Å². The number of hydrogen-bond donors (Lipinski definition) is 1. The normalized spacial score (nSPS) is 17.5. The summed E-state index contributed by atoms with van der Waals surface area (Å²) in [7, 11) is 1.49. The van der Waals surface area contributed by atoms with E-state index in [1.165, 1.54) is 7.11 Å². The number of nitrogens with two attached hydrogens (primary N) is 1. The molecule has 9 nitrogen and oxygen atoms in total. The maximum atomic E-state index is 12.9. The van der Waals surface area contributed by atoms with Crippen LogP contribution in [0.1, 0.15) is 18.4 Å². The summed E-state index contributed by atoms with van der Waals surface area (Å²) in [5, 5.41) is 10.6. The number of carbonyl (C=O) groups excluding carboxylic acids is 1. The number of esters is 1. The number of allylic oxidation sites excluding steroid dienone is 2. The van der Waals surface area contributed by atoms with E-state index in [0.717, 1.165) is 0 Å². The molecule has 1 aromatic heterocycles. The van der Waals surface area contributed by atoms with Crippen molar-refractivity contribution < 1.29 is 28.5 Å². The highest BCUT2D eigenvalue weighted by molar-refractivity contribution is 6.30. The topological polar surface area (TPSA) is 126 Å². The Morgan fingerprint density at radius 1 is 1.32 bits per heavy atom. The number of nitriles is 1. The summed E-state index contributed by atoms with van der Waals surface area (Å²) in [6, 6.07) is 7.24. The summed E-state index contributed by atoms with van der Waals surface area (Å²) < 4.78 is 26.5. The van der Waals surface area contributed by atoms with E-state index in [9.17, 15) is 10.1 Å². The molecule has 2 N–H and O–H groups in total. The van der Waals surface area contributed by atoms with Gasteiger partial charge in [0, 0.05) is 24.1 Å². The van der Waals surface area contributed by atoms with Gasteiger partial charge in [0.05, 0.1) is 23.6 Å². The van der Waals surface area contributed by atoms with E-state index in [-0.39, 0.29) is 47.9 Å². The number of halogens is 1. The number of benzene rings is 1. The van der Waals surface area contributed by atoms with Crippen LogP contribution in [0.25, 0.3) is 10.9 Å². The van der Waals surface area contributed by atoms with Crippen LogP contribution in [0, 0.1) is 11.3 Å². The summed E-state index contributed by atoms with van der Waals surface area (Å²) in [4.78, 5) is 17.3. The van der Waals surface area contributed by atoms with Gasteiger partial charge in [-0.25, -0.2) is 9.78 Å². The van der Waals surface area contributed by atoms with Crippen molar-refractivity contribution in [1.29, 1.82) is 5.26 Å². The Hall–Kier alpha value is -3.48. The second-order valence-corrected chi connectivity index (χ2v) is 7.15. The molecule has 10 heteroatoms. The Morgan fingerprint density at radius 2 is 2.06 bits per heavy atom. The Balaban J connectivity index is 1.85. The van der Waals surface area contributed by atoms with Crippen LogP contribution in [0.2, 0.25) is 5.15 Å². The van der Waals surface area contributed by atoms with Crippen molar-refractivity contribution in [3.8, 4) is 17.6 Å². The average molecular weight is 444 g/mol. The van der Waals surface area contributed by atoms with E-state index in [4.69, 9.17) is 41.0 Å². The number of rotatable bonds is 5. The van der Waals surface area contributed by atoms with Gasteiger partial charge in [-0.05, 0) is 19.1 Å². The molecule has 0 fully saturated rings. The first kappa shape index (κ1) is 20.8. The van der Waals surface area contributed by atoms with Crippen molar-refractivity contribution in [2.24, 2.45) is 5.73 Å². The molecule has 0 aliphatic carbocycles. The molecule has 3 heterocycles. The maximum Gasteiger partial charge on any atom is 0.338 e. The Labute approximate surface area is 182 Å². The largest absolute Gasteiger partial charge is 0.460 e. The molecule has 0 spiro atoms. The fraction of sp³-hybridized carbons (Fsp3) is 0.286. The molecule has 0 unspecified atom stereocenters. The first-order valence-electron chi connectivity index (χ1n) is 9.28. The minimum atomic E-state index is -0.913. The van der Waals surface area contributed by atoms with Gasteiger partial charge in [-0.3, -0.25) is 0 Å². The fourth-order valence-corrected chi connectivity index (χ4v) is 3.77. The zero-order valence-electron chi connectivity index (χ0n) is 16.7. The first-order chi connectivity index (χ1) is 14.9. The molecule has 0 bridgehead atoms. The molecule has 1 aromatic carbocycles. The van der Waals surface area contributed by atoms with Crippen molar-refractivity contribution in [3.63, 3.8) is 0 Å². The number of ether oxygens (including phenoxy) is 5. The number of nitrogens with zero attached hydrogens (tertiary/aromatic N) is 2. The molecule has 2 aromatic rings. The smallest absolute Gasteiger partial charge is 0.338 e. The molecular weight excluding hydrogens is 426 g/mol. The van der Waals surface area contributed by atoms with Crippen molar-refractivity contribution in [1.82, 2.24) is 4.98 Å². The molecule has 2 aliphatic heterocycles. The molecule has 1 atom stereocenters. The fourth-order valence-electron chi connectivity index (χ4n) is 3.51. The van der Waals surface area contributed by atoms with Crippen LogP contribution in [0.5, 0.6) is 11.5 Å². The molecule has 0 amide bonds. The quantitative estimate of drug-likeness (QED) is 0.421. The summed E-state index contributed by atoms with van der Waals surface area (Å²) in [5.41, 5.74) is 7.09. The van der Waals surface area contributed by atoms with Gasteiger partial charge in [0.1, 0.15) is 29.2 Å². The zero-order chi connectivity index (χ0) is 22.1. The summed E-state index contributed by atoms with van der Waals surface area (Å²) >= 11 is 6.51. The van der Waals surface area contributed by atoms with Crippen LogP contribution in [0.15, 0.2) is 41.0 Å². The van der Waals surface area contributed by atoms with Crippen molar-refractivity contribution in [2.75, 3.05) is 27.1 Å². The lowest BCUT2D eigenvalue weighted by Gasteiger charge is -2.27. The second-order valence-electron chi connectivity index (χ2n) is 6.79. The molecule has 0 saturated carbocycles. The van der Waals surface area contributed by atoms with Gasteiger partial charge < -0.3 is 29.4 Å². The van der Waals surface area contributed by atoms with E-state index < -0.39 is 11.9 Å². The summed E-state index contributed by atoms with van der Waals surface area (Å²) in [5.74, 6) is -0.345. The third kappa shape index (κ3) is 3.71. The Bertz CT molecular complexity index is 1180. The third-order valence-electron chi connectivity index (χ3n) is 4.95. The molecule has 0 saturated heterocycles. The van der Waals surface area contributed by atoms with Gasteiger partial charge >= 0.3 is 5.97 Å². The van der Waals surface area contributed by atoms with Crippen LogP contribution < -0.4 is 15.2 Å². The lowest BCUT2D eigenvalue weighted by molar-refractivity contribution is -0.140. The Kier molecular flexibility index (Phi) is 5.59. The van der Waals surface area contributed by atoms with E-state index in [1.807, 2.05) is 6.07 Å².